The molecule has 0 aliphatic heterocycles. The van der Waals surface area contributed by atoms with E-state index in [9.17, 15) is 4.79 Å². The van der Waals surface area contributed by atoms with Gasteiger partial charge in [-0.3, -0.25) is 4.79 Å². The van der Waals surface area contributed by atoms with Crippen molar-refractivity contribution in [1.82, 2.24) is 5.32 Å². The second-order valence-electron chi connectivity index (χ2n) is 12.4. The second-order valence-corrected chi connectivity index (χ2v) is 14.0. The van der Waals surface area contributed by atoms with Gasteiger partial charge >= 0.3 is 0 Å². The summed E-state index contributed by atoms with van der Waals surface area (Å²) in [5, 5.41) is 3.57. The fraction of sp³-hybridized carbons (Fsp3) is 0.958. The van der Waals surface area contributed by atoms with Gasteiger partial charge in [0.25, 0.3) is 0 Å². The number of hydrogen-bond acceptors (Lipinski definition) is 1. The van der Waals surface area contributed by atoms with Crippen molar-refractivity contribution < 1.29 is 4.79 Å². The molecule has 8 bridgehead atoms. The summed E-state index contributed by atoms with van der Waals surface area (Å²) in [5.74, 6) is 5.01. The molecule has 3 atom stereocenters. The van der Waals surface area contributed by atoms with Gasteiger partial charge in [-0.1, -0.05) is 15.9 Å². The van der Waals surface area contributed by atoms with E-state index in [2.05, 4.69) is 28.2 Å². The molecule has 0 heterocycles. The molecule has 8 fully saturated rings. The van der Waals surface area contributed by atoms with Crippen LogP contribution in [0.1, 0.15) is 90.4 Å². The lowest BCUT2D eigenvalue weighted by atomic mass is 9.47. The highest BCUT2D eigenvalue weighted by Crippen LogP contribution is 2.66. The number of rotatable bonds is 4. The lowest BCUT2D eigenvalue weighted by Crippen LogP contribution is -2.57. The van der Waals surface area contributed by atoms with Crippen LogP contribution in [-0.2, 0) is 4.79 Å². The lowest BCUT2D eigenvalue weighted by Gasteiger charge is -2.60. The monoisotopic (exact) mass is 433 g/mol. The molecule has 2 nitrogen and oxygen atoms in total. The van der Waals surface area contributed by atoms with Crippen molar-refractivity contribution in [1.29, 1.82) is 0 Å². The van der Waals surface area contributed by atoms with Gasteiger partial charge in [0, 0.05) is 16.8 Å². The summed E-state index contributed by atoms with van der Waals surface area (Å²) >= 11 is 4.11. The van der Waals surface area contributed by atoms with Crippen LogP contribution in [-0.4, -0.2) is 16.3 Å². The first-order valence-electron chi connectivity index (χ1n) is 11.8. The van der Waals surface area contributed by atoms with Gasteiger partial charge in [-0.25, -0.2) is 0 Å². The SMILES string of the molecule is CC(NC(=O)CC12CC3CC(CC(Br)(C3)C1)C2)C12CC3CC(CC(C3)C1)C2. The molecular weight excluding hydrogens is 398 g/mol. The molecule has 0 saturated heterocycles. The molecular formula is C24H36BrNO. The van der Waals surface area contributed by atoms with E-state index in [1.54, 1.807) is 0 Å². The van der Waals surface area contributed by atoms with Crippen molar-refractivity contribution in [2.24, 2.45) is 40.4 Å². The van der Waals surface area contributed by atoms with E-state index in [4.69, 9.17) is 0 Å². The Morgan fingerprint density at radius 2 is 1.41 bits per heavy atom. The molecule has 8 saturated carbocycles. The molecule has 3 heteroatoms. The van der Waals surface area contributed by atoms with Crippen LogP contribution in [0.2, 0.25) is 0 Å². The highest BCUT2D eigenvalue weighted by molar-refractivity contribution is 9.10. The standard InChI is InChI=1S/C24H36BrNO/c1-15(23-8-16-2-17(9-23)4-18(3-16)10-23)26-21(27)13-22-6-19-5-20(7-22)12-24(25,11-19)14-22/h15-20H,2-14H2,1H3,(H,26,27). The van der Waals surface area contributed by atoms with Crippen LogP contribution in [0.15, 0.2) is 0 Å². The van der Waals surface area contributed by atoms with Crippen molar-refractivity contribution in [2.45, 2.75) is 101 Å². The van der Waals surface area contributed by atoms with Crippen molar-refractivity contribution >= 4 is 21.8 Å². The maximum Gasteiger partial charge on any atom is 0.220 e. The normalized spacial score (nSPS) is 55.7. The molecule has 0 radical (unpaired) electrons. The van der Waals surface area contributed by atoms with Crippen LogP contribution in [0.5, 0.6) is 0 Å². The summed E-state index contributed by atoms with van der Waals surface area (Å²) in [6, 6.07) is 0.380. The maximum atomic E-state index is 13.2. The molecule has 1 N–H and O–H groups in total. The number of alkyl halides is 1. The van der Waals surface area contributed by atoms with Crippen LogP contribution in [0.25, 0.3) is 0 Å². The number of carbonyl (C=O) groups is 1. The minimum atomic E-state index is 0.304. The largest absolute Gasteiger partial charge is 0.353 e. The van der Waals surface area contributed by atoms with Gasteiger partial charge in [0.2, 0.25) is 5.91 Å². The Balaban J connectivity index is 1.15. The van der Waals surface area contributed by atoms with Crippen LogP contribution < -0.4 is 5.32 Å². The van der Waals surface area contributed by atoms with Crippen LogP contribution in [0, 0.1) is 40.4 Å². The quantitative estimate of drug-likeness (QED) is 0.554. The van der Waals surface area contributed by atoms with Gasteiger partial charge in [0.15, 0.2) is 0 Å². The Kier molecular flexibility index (Phi) is 3.79. The van der Waals surface area contributed by atoms with E-state index in [1.807, 2.05) is 0 Å². The molecule has 0 aromatic carbocycles. The number of halogens is 1. The zero-order valence-electron chi connectivity index (χ0n) is 16.9. The summed E-state index contributed by atoms with van der Waals surface area (Å²) in [6.07, 6.45) is 17.4. The minimum absolute atomic E-state index is 0.304. The Morgan fingerprint density at radius 3 is 1.93 bits per heavy atom. The molecule has 8 aliphatic rings. The molecule has 0 spiro atoms. The van der Waals surface area contributed by atoms with Gasteiger partial charge in [-0.15, -0.1) is 0 Å². The van der Waals surface area contributed by atoms with Crippen LogP contribution in [0.3, 0.4) is 0 Å². The van der Waals surface area contributed by atoms with E-state index in [0.29, 0.717) is 27.1 Å². The smallest absolute Gasteiger partial charge is 0.220 e. The molecule has 27 heavy (non-hydrogen) atoms. The fourth-order valence-electron chi connectivity index (χ4n) is 10.0. The Labute approximate surface area is 173 Å². The minimum Gasteiger partial charge on any atom is -0.353 e. The first kappa shape index (κ1) is 17.8. The van der Waals surface area contributed by atoms with Crippen LogP contribution in [0.4, 0.5) is 0 Å². The highest BCUT2D eigenvalue weighted by Gasteiger charge is 2.58. The van der Waals surface area contributed by atoms with E-state index in [-0.39, 0.29) is 0 Å². The molecule has 0 aromatic rings. The van der Waals surface area contributed by atoms with Crippen molar-refractivity contribution in [3.63, 3.8) is 0 Å². The van der Waals surface area contributed by atoms with E-state index in [1.165, 1.54) is 77.0 Å². The van der Waals surface area contributed by atoms with E-state index in [0.717, 1.165) is 36.0 Å². The predicted molar refractivity (Wildman–Crippen MR) is 112 cm³/mol. The maximum absolute atomic E-state index is 13.2. The fourth-order valence-corrected chi connectivity index (χ4v) is 11.5. The van der Waals surface area contributed by atoms with Gasteiger partial charge in [-0.05, 0) is 124 Å². The molecule has 0 aromatic heterocycles. The molecule has 8 aliphatic carbocycles. The molecule has 1 amide bonds. The zero-order valence-corrected chi connectivity index (χ0v) is 18.5. The third-order valence-electron chi connectivity index (χ3n) is 10.0. The molecule has 8 rings (SSSR count). The van der Waals surface area contributed by atoms with Gasteiger partial charge in [-0.2, -0.15) is 0 Å². The Hall–Kier alpha value is -0.0500. The number of carbonyl (C=O) groups excluding carboxylic acids is 1. The van der Waals surface area contributed by atoms with E-state index < -0.39 is 0 Å². The highest BCUT2D eigenvalue weighted by atomic mass is 79.9. The van der Waals surface area contributed by atoms with Gasteiger partial charge in [0.05, 0.1) is 0 Å². The summed E-state index contributed by atoms with van der Waals surface area (Å²) < 4.78 is 0.364. The lowest BCUT2D eigenvalue weighted by molar-refractivity contribution is -0.132. The summed E-state index contributed by atoms with van der Waals surface area (Å²) in [6.45, 7) is 2.34. The summed E-state index contributed by atoms with van der Waals surface area (Å²) in [7, 11) is 0. The number of nitrogens with one attached hydrogen (secondary N) is 1. The first-order chi connectivity index (χ1) is 12.8. The number of amides is 1. The van der Waals surface area contributed by atoms with Gasteiger partial charge < -0.3 is 5.32 Å². The molecule has 3 unspecified atom stereocenters. The van der Waals surface area contributed by atoms with Crippen molar-refractivity contribution in [3.8, 4) is 0 Å². The number of hydrogen-bond donors (Lipinski definition) is 1. The third kappa shape index (κ3) is 2.88. The predicted octanol–water partition coefficient (Wildman–Crippen LogP) is 5.83. The zero-order chi connectivity index (χ0) is 18.4. The van der Waals surface area contributed by atoms with Crippen molar-refractivity contribution in [2.75, 3.05) is 0 Å². The van der Waals surface area contributed by atoms with Crippen LogP contribution >= 0.6 is 15.9 Å². The topological polar surface area (TPSA) is 29.1 Å². The third-order valence-corrected chi connectivity index (χ3v) is 11.0. The molecule has 150 valence electrons. The first-order valence-corrected chi connectivity index (χ1v) is 12.6. The average molecular weight is 434 g/mol. The van der Waals surface area contributed by atoms with Crippen molar-refractivity contribution in [3.05, 3.63) is 0 Å². The Morgan fingerprint density at radius 1 is 0.889 bits per heavy atom. The summed E-state index contributed by atoms with van der Waals surface area (Å²) in [5.41, 5.74) is 0.737. The average Bonchev–Trinajstić information content (AvgIpc) is 2.50. The van der Waals surface area contributed by atoms with Gasteiger partial charge in [0.1, 0.15) is 0 Å². The Bertz CT molecular complexity index is 607. The van der Waals surface area contributed by atoms with E-state index >= 15 is 0 Å². The second kappa shape index (κ2) is 5.76. The summed E-state index contributed by atoms with van der Waals surface area (Å²) in [4.78, 5) is 13.2.